The lowest BCUT2D eigenvalue weighted by Crippen LogP contribution is -2.35. The summed E-state index contributed by atoms with van der Waals surface area (Å²) >= 11 is 0. The number of para-hydroxylation sites is 1. The van der Waals surface area contributed by atoms with Gasteiger partial charge < -0.3 is 20.1 Å². The van der Waals surface area contributed by atoms with Crippen molar-refractivity contribution in [3.8, 4) is 5.75 Å². The maximum atomic E-state index is 12.1. The second-order valence-corrected chi connectivity index (χ2v) is 6.08. The quantitative estimate of drug-likeness (QED) is 0.683. The van der Waals surface area contributed by atoms with E-state index in [1.807, 2.05) is 26.0 Å². The average molecular weight is 384 g/mol. The lowest BCUT2D eigenvalue weighted by molar-refractivity contribution is -0.126. The number of hydrogen-bond acceptors (Lipinski definition) is 5. The van der Waals surface area contributed by atoms with E-state index in [4.69, 9.17) is 9.47 Å². The Balaban J connectivity index is 1.80. The first-order chi connectivity index (χ1) is 13.4. The lowest BCUT2D eigenvalue weighted by Gasteiger charge is -2.11. The maximum absolute atomic E-state index is 12.1. The number of hydrogen-bond donors (Lipinski definition) is 2. The predicted molar refractivity (Wildman–Crippen MR) is 105 cm³/mol. The van der Waals surface area contributed by atoms with Crippen molar-refractivity contribution in [2.45, 2.75) is 20.8 Å². The number of carbonyl (C=O) groups is 3. The number of carbonyl (C=O) groups excluding carboxylic acids is 3. The van der Waals surface area contributed by atoms with Crippen molar-refractivity contribution in [2.24, 2.45) is 0 Å². The molecule has 0 bridgehead atoms. The van der Waals surface area contributed by atoms with Gasteiger partial charge in [-0.25, -0.2) is 4.79 Å². The van der Waals surface area contributed by atoms with Crippen LogP contribution in [0.3, 0.4) is 0 Å². The fraction of sp³-hybridized carbons (Fsp3) is 0.286. The zero-order chi connectivity index (χ0) is 20.5. The summed E-state index contributed by atoms with van der Waals surface area (Å²) in [6.07, 6.45) is 0. The summed E-state index contributed by atoms with van der Waals surface area (Å²) in [4.78, 5) is 36.0. The molecular formula is C21H24N2O5. The minimum Gasteiger partial charge on any atom is -0.493 e. The predicted octanol–water partition coefficient (Wildman–Crippen LogP) is 2.61. The fourth-order valence-electron chi connectivity index (χ4n) is 2.44. The van der Waals surface area contributed by atoms with Gasteiger partial charge in [0.25, 0.3) is 5.91 Å². The van der Waals surface area contributed by atoms with Gasteiger partial charge in [-0.1, -0.05) is 24.3 Å². The van der Waals surface area contributed by atoms with Gasteiger partial charge in [0.15, 0.2) is 6.61 Å². The van der Waals surface area contributed by atoms with Crippen LogP contribution in [0.15, 0.2) is 42.5 Å². The minimum absolute atomic E-state index is 0.223. The Labute approximate surface area is 164 Å². The lowest BCUT2D eigenvalue weighted by atomic mass is 10.1. The molecule has 0 aromatic heterocycles. The summed E-state index contributed by atoms with van der Waals surface area (Å²) in [6.45, 7) is 5.35. The molecule has 0 saturated heterocycles. The topological polar surface area (TPSA) is 93.7 Å². The minimum atomic E-state index is -0.668. The van der Waals surface area contributed by atoms with Crippen LogP contribution in [0.5, 0.6) is 5.75 Å². The van der Waals surface area contributed by atoms with Crippen molar-refractivity contribution in [2.75, 3.05) is 25.1 Å². The standard InChI is InChI=1S/C21H24N2O5/c1-4-27-18-11-6-5-9-16(18)21(26)28-13-20(25)22-12-19(24)23-17-10-7-8-14(2)15(17)3/h5-11H,4,12-13H2,1-3H3,(H,22,25)(H,23,24). The van der Waals surface area contributed by atoms with Crippen LogP contribution in [0.1, 0.15) is 28.4 Å². The van der Waals surface area contributed by atoms with Crippen LogP contribution in [0.2, 0.25) is 0 Å². The van der Waals surface area contributed by atoms with Crippen LogP contribution in [0.25, 0.3) is 0 Å². The van der Waals surface area contributed by atoms with Crippen LogP contribution in [-0.2, 0) is 14.3 Å². The average Bonchev–Trinajstić information content (AvgIpc) is 2.68. The summed E-state index contributed by atoms with van der Waals surface area (Å²) in [5, 5.41) is 5.16. The number of nitrogens with one attached hydrogen (secondary N) is 2. The largest absolute Gasteiger partial charge is 0.493 e. The third kappa shape index (κ3) is 5.84. The van der Waals surface area contributed by atoms with Gasteiger partial charge in [-0.2, -0.15) is 0 Å². The summed E-state index contributed by atoms with van der Waals surface area (Å²) in [5.74, 6) is -1.21. The molecule has 148 valence electrons. The molecule has 2 N–H and O–H groups in total. The highest BCUT2D eigenvalue weighted by Crippen LogP contribution is 2.19. The highest BCUT2D eigenvalue weighted by atomic mass is 16.5. The number of rotatable bonds is 8. The van der Waals surface area contributed by atoms with Gasteiger partial charge in [0.05, 0.1) is 13.2 Å². The van der Waals surface area contributed by atoms with E-state index in [2.05, 4.69) is 10.6 Å². The molecule has 2 aromatic rings. The first-order valence-corrected chi connectivity index (χ1v) is 8.94. The molecule has 28 heavy (non-hydrogen) atoms. The highest BCUT2D eigenvalue weighted by Gasteiger charge is 2.15. The van der Waals surface area contributed by atoms with Crippen LogP contribution in [-0.4, -0.2) is 37.5 Å². The summed E-state index contributed by atoms with van der Waals surface area (Å²) in [5.41, 5.74) is 2.95. The van der Waals surface area contributed by atoms with Crippen molar-refractivity contribution in [3.63, 3.8) is 0 Å². The van der Waals surface area contributed by atoms with Gasteiger partial charge in [0, 0.05) is 5.69 Å². The molecule has 0 saturated carbocycles. The van der Waals surface area contributed by atoms with E-state index in [-0.39, 0.29) is 18.0 Å². The summed E-state index contributed by atoms with van der Waals surface area (Å²) in [7, 11) is 0. The van der Waals surface area contributed by atoms with Gasteiger partial charge in [0.2, 0.25) is 5.91 Å². The second-order valence-electron chi connectivity index (χ2n) is 6.08. The Kier molecular flexibility index (Phi) is 7.56. The molecular weight excluding hydrogens is 360 g/mol. The zero-order valence-corrected chi connectivity index (χ0v) is 16.2. The molecule has 0 unspecified atom stereocenters. The van der Waals surface area contributed by atoms with Crippen molar-refractivity contribution < 1.29 is 23.9 Å². The van der Waals surface area contributed by atoms with Gasteiger partial charge in [-0.15, -0.1) is 0 Å². The molecule has 0 aliphatic heterocycles. The monoisotopic (exact) mass is 384 g/mol. The van der Waals surface area contributed by atoms with Gasteiger partial charge in [-0.3, -0.25) is 9.59 Å². The van der Waals surface area contributed by atoms with Gasteiger partial charge in [-0.05, 0) is 50.1 Å². The first kappa shape index (κ1) is 21.0. The third-order valence-corrected chi connectivity index (χ3v) is 4.07. The van der Waals surface area contributed by atoms with E-state index >= 15 is 0 Å². The first-order valence-electron chi connectivity index (χ1n) is 8.94. The Bertz CT molecular complexity index is 864. The van der Waals surface area contributed by atoms with E-state index in [9.17, 15) is 14.4 Å². The van der Waals surface area contributed by atoms with E-state index in [0.717, 1.165) is 11.1 Å². The van der Waals surface area contributed by atoms with E-state index in [0.29, 0.717) is 18.0 Å². The molecule has 7 nitrogen and oxygen atoms in total. The van der Waals surface area contributed by atoms with E-state index < -0.39 is 18.5 Å². The smallest absolute Gasteiger partial charge is 0.342 e. The summed E-state index contributed by atoms with van der Waals surface area (Å²) < 4.78 is 10.4. The second kappa shape index (κ2) is 10.1. The molecule has 7 heteroatoms. The molecule has 0 radical (unpaired) electrons. The van der Waals surface area contributed by atoms with Gasteiger partial charge in [0.1, 0.15) is 11.3 Å². The molecule has 2 aromatic carbocycles. The Morgan fingerprint density at radius 2 is 1.71 bits per heavy atom. The van der Waals surface area contributed by atoms with Crippen LogP contribution in [0.4, 0.5) is 5.69 Å². The third-order valence-electron chi connectivity index (χ3n) is 4.07. The number of benzene rings is 2. The van der Waals surface area contributed by atoms with Crippen molar-refractivity contribution in [1.29, 1.82) is 0 Å². The molecule has 0 heterocycles. The number of esters is 1. The number of ether oxygens (including phenoxy) is 2. The molecule has 0 fully saturated rings. The SMILES string of the molecule is CCOc1ccccc1C(=O)OCC(=O)NCC(=O)Nc1cccc(C)c1C. The van der Waals surface area contributed by atoms with Gasteiger partial charge >= 0.3 is 5.97 Å². The molecule has 0 atom stereocenters. The van der Waals surface area contributed by atoms with Crippen LogP contribution in [0, 0.1) is 13.8 Å². The zero-order valence-electron chi connectivity index (χ0n) is 16.2. The summed E-state index contributed by atoms with van der Waals surface area (Å²) in [6, 6.07) is 12.2. The Hall–Kier alpha value is -3.35. The van der Waals surface area contributed by atoms with E-state index in [1.54, 1.807) is 37.3 Å². The molecule has 2 amide bonds. The molecule has 0 aliphatic carbocycles. The Morgan fingerprint density at radius 1 is 0.964 bits per heavy atom. The van der Waals surface area contributed by atoms with Crippen molar-refractivity contribution in [1.82, 2.24) is 5.32 Å². The van der Waals surface area contributed by atoms with Crippen LogP contribution >= 0.6 is 0 Å². The highest BCUT2D eigenvalue weighted by molar-refractivity contribution is 5.96. The number of aryl methyl sites for hydroxylation is 1. The molecule has 0 aliphatic rings. The Morgan fingerprint density at radius 3 is 2.46 bits per heavy atom. The van der Waals surface area contributed by atoms with Crippen molar-refractivity contribution >= 4 is 23.5 Å². The molecule has 0 spiro atoms. The number of anilines is 1. The fourth-order valence-corrected chi connectivity index (χ4v) is 2.44. The molecule has 2 rings (SSSR count). The van der Waals surface area contributed by atoms with E-state index in [1.165, 1.54) is 0 Å². The van der Waals surface area contributed by atoms with Crippen molar-refractivity contribution in [3.05, 3.63) is 59.2 Å². The number of amides is 2. The normalized spacial score (nSPS) is 10.1. The maximum Gasteiger partial charge on any atom is 0.342 e. The van der Waals surface area contributed by atoms with Crippen LogP contribution < -0.4 is 15.4 Å².